The number of rotatable bonds is 6. The maximum Gasteiger partial charge on any atom is 0.494 e. The molecule has 0 aliphatic carbocycles. The number of fused-ring (bicyclic) bond motifs is 3. The van der Waals surface area contributed by atoms with E-state index in [1.165, 1.54) is 0 Å². The second-order valence-electron chi connectivity index (χ2n) is 14.3. The predicted molar refractivity (Wildman–Crippen MR) is 210 cm³/mol. The highest BCUT2D eigenvalue weighted by atomic mass is 16.7. The van der Waals surface area contributed by atoms with Gasteiger partial charge in [0.1, 0.15) is 11.2 Å². The van der Waals surface area contributed by atoms with Gasteiger partial charge in [-0.25, -0.2) is 15.0 Å². The summed E-state index contributed by atoms with van der Waals surface area (Å²) in [6, 6.07) is 49.6. The summed E-state index contributed by atoms with van der Waals surface area (Å²) in [5, 5.41) is 2.06. The summed E-state index contributed by atoms with van der Waals surface area (Å²) in [5.74, 6) is 1.63. The molecule has 7 heteroatoms. The van der Waals surface area contributed by atoms with Crippen molar-refractivity contribution in [2.45, 2.75) is 38.9 Å². The second kappa shape index (κ2) is 12.4. The number of hydrogen-bond donors (Lipinski definition) is 0. The minimum atomic E-state index is -0.567. The number of hydrogen-bond acceptors (Lipinski definition) is 6. The molecule has 1 aliphatic rings. The van der Waals surface area contributed by atoms with E-state index in [-0.39, 0.29) is 0 Å². The normalized spacial score (nSPS) is 15.0. The van der Waals surface area contributed by atoms with E-state index in [9.17, 15) is 0 Å². The Kier molecular flexibility index (Phi) is 7.65. The zero-order valence-electron chi connectivity index (χ0n) is 29.5. The van der Waals surface area contributed by atoms with Crippen molar-refractivity contribution in [2.75, 3.05) is 0 Å². The van der Waals surface area contributed by atoms with Crippen LogP contribution in [0.1, 0.15) is 27.7 Å². The summed E-state index contributed by atoms with van der Waals surface area (Å²) < 4.78 is 19.6. The lowest BCUT2D eigenvalue weighted by molar-refractivity contribution is 0.00578. The Morgan fingerprint density at radius 3 is 1.65 bits per heavy atom. The van der Waals surface area contributed by atoms with Gasteiger partial charge < -0.3 is 13.7 Å². The fraction of sp³-hybridized carbons (Fsp3) is 0.133. The molecular formula is C45H36BN3O3. The van der Waals surface area contributed by atoms with Crippen molar-refractivity contribution in [2.24, 2.45) is 0 Å². The fourth-order valence-corrected chi connectivity index (χ4v) is 6.81. The molecule has 0 bridgehead atoms. The average molecular weight is 678 g/mol. The van der Waals surface area contributed by atoms with Crippen LogP contribution in [0.3, 0.4) is 0 Å². The third kappa shape index (κ3) is 5.68. The third-order valence-electron chi connectivity index (χ3n) is 10.4. The summed E-state index contributed by atoms with van der Waals surface area (Å²) in [6.07, 6.45) is 0. The van der Waals surface area contributed by atoms with Crippen molar-refractivity contribution in [3.8, 4) is 56.4 Å². The minimum Gasteiger partial charge on any atom is -0.455 e. The highest BCUT2D eigenvalue weighted by molar-refractivity contribution is 6.62. The quantitative estimate of drug-likeness (QED) is 0.163. The fourth-order valence-electron chi connectivity index (χ4n) is 6.81. The minimum absolute atomic E-state index is 0.495. The van der Waals surface area contributed by atoms with Gasteiger partial charge >= 0.3 is 7.12 Å². The van der Waals surface area contributed by atoms with E-state index in [0.717, 1.165) is 66.3 Å². The van der Waals surface area contributed by atoms with E-state index in [1.807, 2.05) is 66.7 Å². The van der Waals surface area contributed by atoms with Crippen LogP contribution in [0.5, 0.6) is 0 Å². The first kappa shape index (κ1) is 32.1. The molecule has 3 heterocycles. The summed E-state index contributed by atoms with van der Waals surface area (Å²) in [5.41, 5.74) is 8.31. The molecule has 0 spiro atoms. The maximum atomic E-state index is 6.55. The van der Waals surface area contributed by atoms with Crippen molar-refractivity contribution in [3.63, 3.8) is 0 Å². The van der Waals surface area contributed by atoms with Crippen LogP contribution in [-0.2, 0) is 9.31 Å². The molecule has 0 atom stereocenters. The molecule has 1 saturated heterocycles. The van der Waals surface area contributed by atoms with Crippen LogP contribution >= 0.6 is 0 Å². The highest BCUT2D eigenvalue weighted by Gasteiger charge is 2.51. The Morgan fingerprint density at radius 1 is 0.442 bits per heavy atom. The highest BCUT2D eigenvalue weighted by Crippen LogP contribution is 2.39. The summed E-state index contributed by atoms with van der Waals surface area (Å²) in [4.78, 5) is 15.4. The van der Waals surface area contributed by atoms with Crippen LogP contribution in [0.4, 0.5) is 0 Å². The first-order valence-electron chi connectivity index (χ1n) is 17.6. The van der Waals surface area contributed by atoms with Gasteiger partial charge in [-0.3, -0.25) is 0 Å². The van der Waals surface area contributed by atoms with Crippen LogP contribution < -0.4 is 5.46 Å². The molecule has 1 aliphatic heterocycles. The molecule has 2 aromatic heterocycles. The molecule has 0 amide bonds. The van der Waals surface area contributed by atoms with Crippen molar-refractivity contribution in [1.29, 1.82) is 0 Å². The number of nitrogens with zero attached hydrogens (tertiary/aromatic N) is 3. The summed E-state index contributed by atoms with van der Waals surface area (Å²) >= 11 is 0. The van der Waals surface area contributed by atoms with Crippen LogP contribution in [0.25, 0.3) is 78.4 Å². The molecule has 0 radical (unpaired) electrons. The van der Waals surface area contributed by atoms with Crippen molar-refractivity contribution in [3.05, 3.63) is 146 Å². The number of benzene rings is 6. The van der Waals surface area contributed by atoms with Gasteiger partial charge in [0.15, 0.2) is 17.5 Å². The van der Waals surface area contributed by atoms with E-state index in [1.54, 1.807) is 0 Å². The van der Waals surface area contributed by atoms with Gasteiger partial charge in [0, 0.05) is 21.9 Å². The Bertz CT molecular complexity index is 2570. The number of para-hydroxylation sites is 2. The first-order chi connectivity index (χ1) is 25.2. The molecule has 9 rings (SSSR count). The Balaban J connectivity index is 1.25. The molecule has 1 fully saturated rings. The summed E-state index contributed by atoms with van der Waals surface area (Å²) in [7, 11) is -0.567. The van der Waals surface area contributed by atoms with Gasteiger partial charge in [-0.05, 0) is 73.6 Å². The van der Waals surface area contributed by atoms with E-state index in [0.29, 0.717) is 17.5 Å². The number of aromatic nitrogens is 3. The smallest absolute Gasteiger partial charge is 0.455 e. The molecule has 6 aromatic carbocycles. The van der Waals surface area contributed by atoms with Crippen LogP contribution in [0.2, 0.25) is 0 Å². The molecule has 6 nitrogen and oxygen atoms in total. The molecule has 0 N–H and O–H groups in total. The second-order valence-corrected chi connectivity index (χ2v) is 14.3. The van der Waals surface area contributed by atoms with E-state index >= 15 is 0 Å². The SMILES string of the molecule is CC1(C)OB(c2cc(-c3ccccc3)cc(-c3nc(-c4ccc(-c5ccccc5)cc4)nc(-c4cccc5c4oc4ccccc45)n3)c2)OC1(C)C. The number of furan rings is 1. The van der Waals surface area contributed by atoms with E-state index < -0.39 is 18.3 Å². The lowest BCUT2D eigenvalue weighted by Gasteiger charge is -2.32. The molecule has 8 aromatic rings. The standard InChI is InChI=1S/C45H36BN3O3/c1-44(2)45(3,4)52-46(51-44)35-27-33(30-16-9-6-10-17-30)26-34(28-35)42-47-41(32-24-22-31(23-25-32)29-14-7-5-8-15-29)48-43(49-42)38-20-13-19-37-36-18-11-12-21-39(36)50-40(37)38/h5-28H,1-4H3. The Labute approximate surface area is 303 Å². The average Bonchev–Trinajstić information content (AvgIpc) is 3.67. The first-order valence-corrected chi connectivity index (χ1v) is 17.6. The van der Waals surface area contributed by atoms with Gasteiger partial charge in [0.05, 0.1) is 16.8 Å². The lowest BCUT2D eigenvalue weighted by atomic mass is 9.77. The largest absolute Gasteiger partial charge is 0.494 e. The Hall–Kier alpha value is -5.89. The molecule has 252 valence electrons. The van der Waals surface area contributed by atoms with Crippen LogP contribution in [0, 0.1) is 0 Å². The maximum absolute atomic E-state index is 6.55. The lowest BCUT2D eigenvalue weighted by Crippen LogP contribution is -2.41. The summed E-state index contributed by atoms with van der Waals surface area (Å²) in [6.45, 7) is 8.28. The molecule has 0 unspecified atom stereocenters. The van der Waals surface area contributed by atoms with Crippen molar-refractivity contribution < 1.29 is 13.7 Å². The molecular weight excluding hydrogens is 641 g/mol. The van der Waals surface area contributed by atoms with Crippen molar-refractivity contribution in [1.82, 2.24) is 15.0 Å². The predicted octanol–water partition coefficient (Wildman–Crippen LogP) is 10.4. The van der Waals surface area contributed by atoms with Crippen molar-refractivity contribution >= 4 is 34.5 Å². The topological polar surface area (TPSA) is 70.3 Å². The van der Waals surface area contributed by atoms with E-state index in [4.69, 9.17) is 28.7 Å². The molecule has 0 saturated carbocycles. The van der Waals surface area contributed by atoms with Gasteiger partial charge in [-0.2, -0.15) is 0 Å². The molecule has 52 heavy (non-hydrogen) atoms. The van der Waals surface area contributed by atoms with Crippen LogP contribution in [-0.4, -0.2) is 33.3 Å². The monoisotopic (exact) mass is 677 g/mol. The Morgan fingerprint density at radius 2 is 0.962 bits per heavy atom. The third-order valence-corrected chi connectivity index (χ3v) is 10.4. The van der Waals surface area contributed by atoms with Gasteiger partial charge in [0.2, 0.25) is 0 Å². The van der Waals surface area contributed by atoms with Crippen LogP contribution in [0.15, 0.2) is 150 Å². The zero-order valence-corrected chi connectivity index (χ0v) is 29.5. The van der Waals surface area contributed by atoms with Gasteiger partial charge in [0.25, 0.3) is 0 Å². The van der Waals surface area contributed by atoms with Gasteiger partial charge in [-0.1, -0.05) is 127 Å². The van der Waals surface area contributed by atoms with E-state index in [2.05, 4.69) is 107 Å². The zero-order chi connectivity index (χ0) is 35.5. The van der Waals surface area contributed by atoms with Gasteiger partial charge in [-0.15, -0.1) is 0 Å².